The minimum absolute atomic E-state index is 0.0327. The van der Waals surface area contributed by atoms with E-state index < -0.39 is 28.3 Å². The Hall–Kier alpha value is -3.38. The normalized spacial score (nSPS) is 17.2. The van der Waals surface area contributed by atoms with Gasteiger partial charge in [0.2, 0.25) is 10.0 Å². The highest BCUT2D eigenvalue weighted by atomic mass is 32.2. The molecule has 2 aromatic carbocycles. The van der Waals surface area contributed by atoms with E-state index in [1.165, 1.54) is 25.5 Å². The third-order valence-electron chi connectivity index (χ3n) is 6.23. The van der Waals surface area contributed by atoms with Crippen LogP contribution in [0.1, 0.15) is 17.7 Å². The number of nitrogens with zero attached hydrogens (tertiary/aromatic N) is 1. The minimum Gasteiger partial charge on any atom is -0.497 e. The summed E-state index contributed by atoms with van der Waals surface area (Å²) in [5.41, 5.74) is 0.858. The van der Waals surface area contributed by atoms with Crippen LogP contribution < -0.4 is 10.1 Å². The van der Waals surface area contributed by atoms with Crippen LogP contribution in [0.4, 0.5) is 4.79 Å². The quantitative estimate of drug-likeness (QED) is 0.356. The molecule has 3 aromatic rings. The number of benzene rings is 2. The van der Waals surface area contributed by atoms with E-state index in [1.807, 2.05) is 30.3 Å². The van der Waals surface area contributed by atoms with Crippen LogP contribution in [0.3, 0.4) is 0 Å². The molecule has 1 aromatic heterocycles. The van der Waals surface area contributed by atoms with Gasteiger partial charge in [-0.15, -0.1) is 0 Å². The van der Waals surface area contributed by atoms with E-state index in [0.29, 0.717) is 31.1 Å². The fourth-order valence-electron chi connectivity index (χ4n) is 4.15. The Kier molecular flexibility index (Phi) is 9.40. The first kappa shape index (κ1) is 27.6. The van der Waals surface area contributed by atoms with Crippen molar-refractivity contribution in [3.8, 4) is 5.75 Å². The molecule has 0 spiro atoms. The van der Waals surface area contributed by atoms with Crippen molar-refractivity contribution in [2.24, 2.45) is 0 Å². The lowest BCUT2D eigenvalue weighted by atomic mass is 10.0. The van der Waals surface area contributed by atoms with Crippen molar-refractivity contribution >= 4 is 16.1 Å². The second-order valence-electron chi connectivity index (χ2n) is 8.95. The number of nitrogens with one attached hydrogen (secondary N) is 1. The van der Waals surface area contributed by atoms with E-state index in [-0.39, 0.29) is 30.5 Å². The van der Waals surface area contributed by atoms with Gasteiger partial charge in [-0.3, -0.25) is 0 Å². The van der Waals surface area contributed by atoms with Crippen molar-refractivity contribution in [2.75, 3.05) is 26.9 Å². The topological polar surface area (TPSA) is 128 Å². The molecule has 3 atom stereocenters. The van der Waals surface area contributed by atoms with Crippen molar-refractivity contribution in [1.82, 2.24) is 9.62 Å². The molecule has 0 saturated carbocycles. The molecule has 2 N–H and O–H groups in total. The lowest BCUT2D eigenvalue weighted by Crippen LogP contribution is -2.51. The molecule has 0 bridgehead atoms. The third-order valence-corrected chi connectivity index (χ3v) is 8.05. The van der Waals surface area contributed by atoms with Gasteiger partial charge >= 0.3 is 6.09 Å². The van der Waals surface area contributed by atoms with Gasteiger partial charge in [0.15, 0.2) is 0 Å². The van der Waals surface area contributed by atoms with Gasteiger partial charge in [0, 0.05) is 13.0 Å². The molecule has 1 aliphatic heterocycles. The molecular formula is C27H32N2O8S. The predicted octanol–water partition coefficient (Wildman–Crippen LogP) is 2.97. The van der Waals surface area contributed by atoms with Gasteiger partial charge in [-0.1, -0.05) is 30.3 Å². The van der Waals surface area contributed by atoms with E-state index in [4.69, 9.17) is 18.6 Å². The van der Waals surface area contributed by atoms with Gasteiger partial charge in [-0.05, 0) is 48.4 Å². The Morgan fingerprint density at radius 2 is 1.89 bits per heavy atom. The van der Waals surface area contributed by atoms with E-state index in [2.05, 4.69) is 5.32 Å². The van der Waals surface area contributed by atoms with Crippen LogP contribution in [0, 0.1) is 0 Å². The minimum atomic E-state index is -4.05. The number of carbonyl (C=O) groups excluding carboxylic acids is 1. The first-order chi connectivity index (χ1) is 18.3. The first-order valence-corrected chi connectivity index (χ1v) is 13.7. The number of ether oxygens (including phenoxy) is 3. The zero-order chi connectivity index (χ0) is 27.0. The van der Waals surface area contributed by atoms with E-state index >= 15 is 0 Å². The van der Waals surface area contributed by atoms with Crippen LogP contribution in [0.5, 0.6) is 5.75 Å². The number of sulfonamides is 1. The van der Waals surface area contributed by atoms with Gasteiger partial charge in [0.05, 0.1) is 50.2 Å². The lowest BCUT2D eigenvalue weighted by Gasteiger charge is -2.29. The SMILES string of the molecule is COc1ccc(S(=O)(=O)N(Cc2ccco2)C[C@@H](O)[C@H](Cc2ccccc2)NC(=O)O[C@H]2CCOC2)cc1. The summed E-state index contributed by atoms with van der Waals surface area (Å²) in [5, 5.41) is 14.1. The van der Waals surface area contributed by atoms with Crippen molar-refractivity contribution in [2.45, 2.75) is 42.5 Å². The molecule has 1 amide bonds. The molecule has 1 aliphatic rings. The van der Waals surface area contributed by atoms with Crippen LogP contribution >= 0.6 is 0 Å². The Balaban J connectivity index is 1.56. The molecule has 204 valence electrons. The molecule has 38 heavy (non-hydrogen) atoms. The zero-order valence-electron chi connectivity index (χ0n) is 21.1. The second-order valence-corrected chi connectivity index (χ2v) is 10.9. The monoisotopic (exact) mass is 544 g/mol. The number of amides is 1. The van der Waals surface area contributed by atoms with Crippen LogP contribution in [0.25, 0.3) is 0 Å². The second kappa shape index (κ2) is 12.9. The average molecular weight is 545 g/mol. The molecule has 4 rings (SSSR count). The summed E-state index contributed by atoms with van der Waals surface area (Å²) in [6.45, 7) is 0.412. The Bertz CT molecular complexity index is 1240. The highest BCUT2D eigenvalue weighted by Gasteiger charge is 2.32. The number of aliphatic hydroxyl groups is 1. The number of hydrogen-bond acceptors (Lipinski definition) is 8. The molecule has 0 radical (unpaired) electrons. The summed E-state index contributed by atoms with van der Waals surface area (Å²) >= 11 is 0. The summed E-state index contributed by atoms with van der Waals surface area (Å²) in [5.74, 6) is 0.919. The molecule has 1 fully saturated rings. The maximum atomic E-state index is 13.6. The smallest absolute Gasteiger partial charge is 0.407 e. The number of aliphatic hydroxyl groups excluding tert-OH is 1. The molecule has 11 heteroatoms. The fraction of sp³-hybridized carbons (Fsp3) is 0.370. The number of alkyl carbamates (subject to hydrolysis) is 1. The largest absolute Gasteiger partial charge is 0.497 e. The number of methoxy groups -OCH3 is 1. The fourth-order valence-corrected chi connectivity index (χ4v) is 5.57. The van der Waals surface area contributed by atoms with Crippen molar-refractivity contribution in [3.63, 3.8) is 0 Å². The first-order valence-electron chi connectivity index (χ1n) is 12.3. The van der Waals surface area contributed by atoms with Crippen molar-refractivity contribution in [3.05, 3.63) is 84.3 Å². The summed E-state index contributed by atoms with van der Waals surface area (Å²) in [7, 11) is -2.56. The maximum Gasteiger partial charge on any atom is 0.407 e. The van der Waals surface area contributed by atoms with Gasteiger partial charge < -0.3 is 29.1 Å². The molecule has 0 unspecified atom stereocenters. The molecule has 1 saturated heterocycles. The van der Waals surface area contributed by atoms with Gasteiger partial charge in [0.25, 0.3) is 0 Å². The summed E-state index contributed by atoms with van der Waals surface area (Å²) in [4.78, 5) is 12.7. The van der Waals surface area contributed by atoms with Crippen LogP contribution in [0.15, 0.2) is 82.3 Å². The summed E-state index contributed by atoms with van der Waals surface area (Å²) < 4.78 is 49.6. The number of rotatable bonds is 12. The van der Waals surface area contributed by atoms with E-state index in [1.54, 1.807) is 24.3 Å². The van der Waals surface area contributed by atoms with Crippen LogP contribution in [-0.2, 0) is 32.5 Å². The third kappa shape index (κ3) is 7.35. The Labute approximate surface area is 222 Å². The van der Waals surface area contributed by atoms with Crippen LogP contribution in [-0.4, -0.2) is 69.0 Å². The molecule has 0 aliphatic carbocycles. The predicted molar refractivity (Wildman–Crippen MR) is 138 cm³/mol. The highest BCUT2D eigenvalue weighted by Crippen LogP contribution is 2.23. The molecular weight excluding hydrogens is 512 g/mol. The van der Waals surface area contributed by atoms with Gasteiger partial charge in [0.1, 0.15) is 17.6 Å². The Morgan fingerprint density at radius 1 is 1.13 bits per heavy atom. The van der Waals surface area contributed by atoms with Gasteiger partial charge in [-0.2, -0.15) is 4.31 Å². The summed E-state index contributed by atoms with van der Waals surface area (Å²) in [6, 6.07) is 17.8. The standard InChI is InChI=1S/C27H32N2O8S/c1-34-21-9-11-24(12-10-21)38(32,33)29(17-22-8-5-14-36-22)18-26(30)25(16-20-6-3-2-4-7-20)28-27(31)37-23-13-15-35-19-23/h2-12,14,23,25-26,30H,13,15-19H2,1H3,(H,28,31)/t23-,25-,26+/m0/s1. The highest BCUT2D eigenvalue weighted by molar-refractivity contribution is 7.89. The molecule has 2 heterocycles. The van der Waals surface area contributed by atoms with Crippen molar-refractivity contribution < 1.29 is 36.9 Å². The van der Waals surface area contributed by atoms with E-state index in [9.17, 15) is 18.3 Å². The lowest BCUT2D eigenvalue weighted by molar-refractivity contribution is 0.0642. The van der Waals surface area contributed by atoms with Crippen molar-refractivity contribution in [1.29, 1.82) is 0 Å². The van der Waals surface area contributed by atoms with E-state index in [0.717, 1.165) is 9.87 Å². The average Bonchev–Trinajstić information content (AvgIpc) is 3.63. The number of furan rings is 1. The zero-order valence-corrected chi connectivity index (χ0v) is 21.9. The summed E-state index contributed by atoms with van der Waals surface area (Å²) in [6.07, 6.45) is -0.0322. The van der Waals surface area contributed by atoms with Crippen LogP contribution in [0.2, 0.25) is 0 Å². The van der Waals surface area contributed by atoms with Gasteiger partial charge in [-0.25, -0.2) is 13.2 Å². The number of hydrogen-bond donors (Lipinski definition) is 2. The number of carbonyl (C=O) groups is 1. The maximum absolute atomic E-state index is 13.6. The Morgan fingerprint density at radius 3 is 2.53 bits per heavy atom. The molecule has 10 nitrogen and oxygen atoms in total.